The summed E-state index contributed by atoms with van der Waals surface area (Å²) in [4.78, 5) is 12.3. The lowest BCUT2D eigenvalue weighted by Crippen LogP contribution is -2.14. The van der Waals surface area contributed by atoms with Crippen molar-refractivity contribution in [1.82, 2.24) is 0 Å². The van der Waals surface area contributed by atoms with Gasteiger partial charge in [-0.25, -0.2) is 4.39 Å². The second-order valence-electron chi connectivity index (χ2n) is 4.41. The molecule has 3 N–H and O–H groups in total. The first-order valence-corrected chi connectivity index (χ1v) is 8.19. The molecule has 21 heavy (non-hydrogen) atoms. The topological polar surface area (TPSA) is 55.1 Å². The Morgan fingerprint density at radius 3 is 2.24 bits per heavy atom. The lowest BCUT2D eigenvalue weighted by Gasteiger charge is -2.12. The van der Waals surface area contributed by atoms with Crippen LogP contribution in [0.4, 0.5) is 15.8 Å². The Balaban J connectivity index is 2.37. The maximum atomic E-state index is 13.3. The lowest BCUT2D eigenvalue weighted by molar-refractivity contribution is 0.102. The number of carbonyl (C=O) groups excluding carboxylic acids is 1. The van der Waals surface area contributed by atoms with Gasteiger partial charge in [-0.1, -0.05) is 0 Å². The average molecular weight is 481 g/mol. The molecule has 0 heterocycles. The molecule has 0 aromatic heterocycles. The molecule has 0 spiro atoms. The summed E-state index contributed by atoms with van der Waals surface area (Å²) >= 11 is 9.97. The van der Waals surface area contributed by atoms with Gasteiger partial charge in [-0.2, -0.15) is 0 Å². The second kappa shape index (κ2) is 6.46. The van der Waals surface area contributed by atoms with Gasteiger partial charge in [0.1, 0.15) is 5.82 Å². The Bertz CT molecular complexity index is 711. The van der Waals surface area contributed by atoms with Crippen molar-refractivity contribution in [3.63, 3.8) is 0 Å². The Morgan fingerprint density at radius 2 is 1.67 bits per heavy atom. The molecular formula is C14H10Br3FN2O. The summed E-state index contributed by atoms with van der Waals surface area (Å²) in [7, 11) is 0. The van der Waals surface area contributed by atoms with Crippen LogP contribution in [0, 0.1) is 12.7 Å². The summed E-state index contributed by atoms with van der Waals surface area (Å²) in [5.74, 6) is -0.963. The highest BCUT2D eigenvalue weighted by Crippen LogP contribution is 2.33. The zero-order chi connectivity index (χ0) is 15.7. The Hall–Kier alpha value is -0.920. The molecular weight excluding hydrogens is 471 g/mol. The molecule has 0 radical (unpaired) electrons. The number of anilines is 2. The number of hydrogen-bond donors (Lipinski definition) is 2. The molecule has 2 aromatic rings. The van der Waals surface area contributed by atoms with Gasteiger partial charge in [-0.3, -0.25) is 4.79 Å². The van der Waals surface area contributed by atoms with Crippen molar-refractivity contribution in [2.45, 2.75) is 6.92 Å². The van der Waals surface area contributed by atoms with Crippen molar-refractivity contribution in [1.29, 1.82) is 0 Å². The number of carbonyl (C=O) groups is 1. The van der Waals surface area contributed by atoms with Crippen LogP contribution in [0.2, 0.25) is 0 Å². The van der Waals surface area contributed by atoms with Crippen LogP contribution < -0.4 is 11.1 Å². The van der Waals surface area contributed by atoms with Gasteiger partial charge in [0.25, 0.3) is 5.91 Å². The fraction of sp³-hybridized carbons (Fsp3) is 0.0714. The number of nitrogens with one attached hydrogen (secondary N) is 1. The van der Waals surface area contributed by atoms with Crippen LogP contribution in [0.15, 0.2) is 37.7 Å². The second-order valence-corrected chi connectivity index (χ2v) is 6.97. The van der Waals surface area contributed by atoms with E-state index in [9.17, 15) is 9.18 Å². The predicted octanol–water partition coefficient (Wildman–Crippen LogP) is 5.26. The minimum absolute atomic E-state index is 0.0783. The van der Waals surface area contributed by atoms with Gasteiger partial charge in [-0.05, 0) is 84.5 Å². The van der Waals surface area contributed by atoms with E-state index in [-0.39, 0.29) is 17.2 Å². The smallest absolute Gasteiger partial charge is 0.256 e. The number of nitrogens with two attached hydrogens (primary N) is 1. The molecule has 0 aliphatic rings. The Kier molecular flexibility index (Phi) is 5.06. The minimum Gasteiger partial charge on any atom is -0.396 e. The van der Waals surface area contributed by atoms with Crippen LogP contribution in [0.5, 0.6) is 0 Å². The summed E-state index contributed by atoms with van der Waals surface area (Å²) in [5, 5.41) is 2.77. The summed E-state index contributed by atoms with van der Waals surface area (Å²) in [6, 6.07) is 6.23. The van der Waals surface area contributed by atoms with Crippen LogP contribution >= 0.6 is 47.8 Å². The highest BCUT2D eigenvalue weighted by Gasteiger charge is 2.16. The van der Waals surface area contributed by atoms with Gasteiger partial charge in [-0.15, -0.1) is 0 Å². The quantitative estimate of drug-likeness (QED) is 0.576. The van der Waals surface area contributed by atoms with Crippen molar-refractivity contribution in [2.75, 3.05) is 11.1 Å². The van der Waals surface area contributed by atoms with Gasteiger partial charge in [0.15, 0.2) is 0 Å². The van der Waals surface area contributed by atoms with Gasteiger partial charge in [0, 0.05) is 13.4 Å². The van der Waals surface area contributed by atoms with E-state index in [1.807, 2.05) is 19.1 Å². The van der Waals surface area contributed by atoms with E-state index in [0.717, 1.165) is 14.5 Å². The number of halogens is 4. The molecule has 0 atom stereocenters. The van der Waals surface area contributed by atoms with Crippen LogP contribution in [0.1, 0.15) is 15.9 Å². The summed E-state index contributed by atoms with van der Waals surface area (Å²) in [6.07, 6.45) is 0. The number of aryl methyl sites for hydroxylation is 1. The molecule has 2 aromatic carbocycles. The maximum Gasteiger partial charge on any atom is 0.256 e. The van der Waals surface area contributed by atoms with Crippen molar-refractivity contribution >= 4 is 65.1 Å². The van der Waals surface area contributed by atoms with Crippen molar-refractivity contribution < 1.29 is 9.18 Å². The number of hydrogen-bond acceptors (Lipinski definition) is 2. The van der Waals surface area contributed by atoms with Crippen molar-refractivity contribution in [3.05, 3.63) is 54.6 Å². The summed E-state index contributed by atoms with van der Waals surface area (Å²) in [6.45, 7) is 1.94. The third-order valence-corrected chi connectivity index (χ3v) is 4.66. The lowest BCUT2D eigenvalue weighted by atomic mass is 10.1. The first-order chi connectivity index (χ1) is 9.79. The first kappa shape index (κ1) is 16.5. The normalized spacial score (nSPS) is 10.5. The molecule has 2 rings (SSSR count). The monoisotopic (exact) mass is 478 g/mol. The molecule has 0 saturated carbocycles. The number of nitrogen functional groups attached to an aromatic ring is 1. The van der Waals surface area contributed by atoms with E-state index in [0.29, 0.717) is 10.2 Å². The van der Waals surface area contributed by atoms with Crippen LogP contribution in [0.25, 0.3) is 0 Å². The fourth-order valence-corrected chi connectivity index (χ4v) is 3.85. The van der Waals surface area contributed by atoms with Gasteiger partial charge >= 0.3 is 0 Å². The van der Waals surface area contributed by atoms with E-state index in [2.05, 4.69) is 53.1 Å². The van der Waals surface area contributed by atoms with Crippen LogP contribution in [-0.4, -0.2) is 5.91 Å². The molecule has 0 unspecified atom stereocenters. The molecule has 0 aliphatic carbocycles. The van der Waals surface area contributed by atoms with Crippen molar-refractivity contribution in [2.24, 2.45) is 0 Å². The van der Waals surface area contributed by atoms with Crippen LogP contribution in [0.3, 0.4) is 0 Å². The standard InChI is InChI=1S/C14H10Br3FN2O/c1-6-2-9(16)13(10(17)3-6)20-14(21)7-4-12(19)11(18)5-8(7)15/h2-5H,19H2,1H3,(H,20,21). The highest BCUT2D eigenvalue weighted by atomic mass is 79.9. The molecule has 0 aliphatic heterocycles. The maximum absolute atomic E-state index is 13.3. The van der Waals surface area contributed by atoms with E-state index in [1.165, 1.54) is 12.1 Å². The highest BCUT2D eigenvalue weighted by molar-refractivity contribution is 9.11. The number of rotatable bonds is 2. The van der Waals surface area contributed by atoms with E-state index in [1.54, 1.807) is 0 Å². The number of amides is 1. The fourth-order valence-electron chi connectivity index (χ4n) is 1.74. The zero-order valence-corrected chi connectivity index (χ0v) is 15.6. The Morgan fingerprint density at radius 1 is 1.10 bits per heavy atom. The molecule has 7 heteroatoms. The van der Waals surface area contributed by atoms with E-state index >= 15 is 0 Å². The zero-order valence-electron chi connectivity index (χ0n) is 10.8. The molecule has 0 saturated heterocycles. The Labute approximate surface area is 146 Å². The third-order valence-electron chi connectivity index (χ3n) is 2.76. The first-order valence-electron chi connectivity index (χ1n) is 5.81. The van der Waals surface area contributed by atoms with Gasteiger partial charge < -0.3 is 11.1 Å². The summed E-state index contributed by atoms with van der Waals surface area (Å²) < 4.78 is 15.1. The molecule has 0 fully saturated rings. The summed E-state index contributed by atoms with van der Waals surface area (Å²) in [5.41, 5.74) is 7.32. The van der Waals surface area contributed by atoms with Crippen molar-refractivity contribution in [3.8, 4) is 0 Å². The van der Waals surface area contributed by atoms with Crippen LogP contribution in [-0.2, 0) is 0 Å². The molecule has 110 valence electrons. The van der Waals surface area contributed by atoms with Gasteiger partial charge in [0.05, 0.1) is 16.9 Å². The largest absolute Gasteiger partial charge is 0.396 e. The van der Waals surface area contributed by atoms with E-state index in [4.69, 9.17) is 5.73 Å². The average Bonchev–Trinajstić information content (AvgIpc) is 2.37. The predicted molar refractivity (Wildman–Crippen MR) is 93.0 cm³/mol. The SMILES string of the molecule is Cc1cc(Br)c(NC(=O)c2cc(N)c(F)cc2Br)c(Br)c1. The third kappa shape index (κ3) is 3.64. The van der Waals surface area contributed by atoms with Gasteiger partial charge in [0.2, 0.25) is 0 Å². The molecule has 0 bridgehead atoms. The molecule has 3 nitrogen and oxygen atoms in total. The number of benzene rings is 2. The molecule has 1 amide bonds. The minimum atomic E-state index is -0.573. The van der Waals surface area contributed by atoms with E-state index < -0.39 is 5.82 Å².